The fraction of sp³-hybridized carbons (Fsp3) is 0.727. The van der Waals surface area contributed by atoms with Crippen LogP contribution in [0.2, 0.25) is 0 Å². The van der Waals surface area contributed by atoms with Crippen LogP contribution in [0.15, 0.2) is 23.5 Å². The van der Waals surface area contributed by atoms with E-state index in [1.165, 1.54) is 13.0 Å². The first-order valence-corrected chi connectivity index (χ1v) is 11.3. The van der Waals surface area contributed by atoms with Crippen LogP contribution in [-0.4, -0.2) is 33.7 Å². The van der Waals surface area contributed by atoms with Gasteiger partial charge in [0.05, 0.1) is 5.41 Å². The van der Waals surface area contributed by atoms with Crippen LogP contribution < -0.4 is 0 Å². The van der Waals surface area contributed by atoms with Crippen LogP contribution in [0.4, 0.5) is 4.39 Å². The maximum Gasteiger partial charge on any atom is 0.303 e. The second-order valence-corrected chi connectivity index (χ2v) is 10.5. The predicted molar refractivity (Wildman–Crippen MR) is 107 cm³/mol. The molecule has 4 rings (SSSR count). The highest BCUT2D eigenvalue weighted by Gasteiger charge is 2.69. The summed E-state index contributed by atoms with van der Waals surface area (Å²) in [6.07, 6.45) is 7.24. The number of alkyl halides is 1. The molecule has 4 aliphatic carbocycles. The average Bonchev–Trinajstić information content (AvgIpc) is 2.94. The van der Waals surface area contributed by atoms with Gasteiger partial charge in [-0.2, -0.15) is 0 Å². The fourth-order valence-corrected chi connectivity index (χ4v) is 8.00. The van der Waals surface area contributed by atoms with E-state index >= 15 is 4.39 Å². The molecule has 4 nitrogen and oxygen atoms in total. The van der Waals surface area contributed by atoms with Gasteiger partial charge in [0.15, 0.2) is 5.78 Å². The molecule has 4 aliphatic rings. The minimum absolute atomic E-state index is 0.00164. The quantitative estimate of drug-likeness (QED) is 0.532. The first-order valence-electron chi connectivity index (χ1n) is 10.2. The van der Waals surface area contributed by atoms with E-state index in [4.69, 9.17) is 4.74 Å². The Kier molecular flexibility index (Phi) is 4.72. The molecule has 1 N–H and O–H groups in total. The monoisotopic (exact) mass is 408 g/mol. The largest absolute Gasteiger partial charge is 0.508 e. The summed E-state index contributed by atoms with van der Waals surface area (Å²) >= 11 is 1.67. The van der Waals surface area contributed by atoms with Gasteiger partial charge in [0.2, 0.25) is 0 Å². The third-order valence-electron chi connectivity index (χ3n) is 8.25. The van der Waals surface area contributed by atoms with Crippen molar-refractivity contribution in [2.75, 3.05) is 5.94 Å². The zero-order valence-electron chi connectivity index (χ0n) is 16.8. The number of halogens is 1. The number of fused-ring (bicyclic) bond motifs is 5. The number of allylic oxidation sites excluding steroid dienone is 3. The number of ether oxygens (including phenoxy) is 1. The van der Waals surface area contributed by atoms with Gasteiger partial charge in [-0.25, -0.2) is 4.39 Å². The zero-order valence-corrected chi connectivity index (χ0v) is 17.6. The lowest BCUT2D eigenvalue weighted by Gasteiger charge is -2.60. The molecule has 0 heterocycles. The lowest BCUT2D eigenvalue weighted by Crippen LogP contribution is -2.63. The van der Waals surface area contributed by atoms with Crippen molar-refractivity contribution < 1.29 is 23.8 Å². The second kappa shape index (κ2) is 6.61. The van der Waals surface area contributed by atoms with Gasteiger partial charge >= 0.3 is 5.97 Å². The summed E-state index contributed by atoms with van der Waals surface area (Å²) in [6.45, 7) is 5.43. The van der Waals surface area contributed by atoms with Gasteiger partial charge in [-0.3, -0.25) is 9.59 Å². The van der Waals surface area contributed by atoms with Crippen LogP contribution in [-0.2, 0) is 14.3 Å². The van der Waals surface area contributed by atoms with Crippen molar-refractivity contribution >= 4 is 23.5 Å². The number of carbonyl (C=O) groups is 2. The average molecular weight is 409 g/mol. The molecule has 6 atom stereocenters. The molecule has 28 heavy (non-hydrogen) atoms. The number of thioether (sulfide) groups is 1. The summed E-state index contributed by atoms with van der Waals surface area (Å²) in [6, 6.07) is 0. The van der Waals surface area contributed by atoms with E-state index in [2.05, 4.69) is 6.92 Å². The van der Waals surface area contributed by atoms with E-state index in [1.54, 1.807) is 24.8 Å². The van der Waals surface area contributed by atoms with Crippen LogP contribution in [0.5, 0.6) is 0 Å². The van der Waals surface area contributed by atoms with E-state index in [1.807, 2.05) is 0 Å². The summed E-state index contributed by atoms with van der Waals surface area (Å²) in [4.78, 5) is 24.0. The Hall–Kier alpha value is -1.30. The highest BCUT2D eigenvalue weighted by molar-refractivity contribution is 7.99. The van der Waals surface area contributed by atoms with Gasteiger partial charge in [0.25, 0.3) is 0 Å². The normalized spacial score (nSPS) is 44.7. The van der Waals surface area contributed by atoms with Gasteiger partial charge in [0.1, 0.15) is 17.4 Å². The van der Waals surface area contributed by atoms with Crippen molar-refractivity contribution in [2.45, 2.75) is 70.2 Å². The summed E-state index contributed by atoms with van der Waals surface area (Å²) in [5, 5.41) is 10.2. The molecule has 0 radical (unpaired) electrons. The van der Waals surface area contributed by atoms with E-state index in [9.17, 15) is 14.7 Å². The second-order valence-electron chi connectivity index (χ2n) is 9.33. The molecule has 154 valence electrons. The minimum atomic E-state index is -1.56. The van der Waals surface area contributed by atoms with E-state index in [0.717, 1.165) is 31.3 Å². The van der Waals surface area contributed by atoms with Gasteiger partial charge < -0.3 is 9.84 Å². The topological polar surface area (TPSA) is 63.6 Å². The summed E-state index contributed by atoms with van der Waals surface area (Å²) < 4.78 is 21.9. The van der Waals surface area contributed by atoms with Crippen LogP contribution >= 0.6 is 11.8 Å². The summed E-state index contributed by atoms with van der Waals surface area (Å²) in [7, 11) is 0. The van der Waals surface area contributed by atoms with Crippen molar-refractivity contribution in [1.29, 1.82) is 0 Å². The Balaban J connectivity index is 1.61. The number of carbonyl (C=O) groups excluding carboxylic acids is 2. The van der Waals surface area contributed by atoms with E-state index in [-0.39, 0.29) is 34.8 Å². The lowest BCUT2D eigenvalue weighted by atomic mass is 9.46. The van der Waals surface area contributed by atoms with Crippen LogP contribution in [0.25, 0.3) is 0 Å². The van der Waals surface area contributed by atoms with Crippen molar-refractivity contribution in [3.8, 4) is 0 Å². The van der Waals surface area contributed by atoms with E-state index in [0.29, 0.717) is 24.0 Å². The number of aliphatic hydroxyl groups is 1. The molecular weight excluding hydrogens is 379 g/mol. The minimum Gasteiger partial charge on any atom is -0.508 e. The van der Waals surface area contributed by atoms with Crippen LogP contribution in [0, 0.1) is 22.7 Å². The molecule has 3 saturated carbocycles. The van der Waals surface area contributed by atoms with Gasteiger partial charge in [-0.1, -0.05) is 6.92 Å². The molecule has 0 aromatic rings. The number of aliphatic hydroxyl groups excluding tert-OH is 1. The molecular formula is C22H29FO4S. The molecule has 0 aliphatic heterocycles. The van der Waals surface area contributed by atoms with Crippen molar-refractivity contribution in [1.82, 2.24) is 0 Å². The molecule has 3 fully saturated rings. The maximum absolute atomic E-state index is 16.8. The first kappa shape index (κ1) is 20.0. The summed E-state index contributed by atoms with van der Waals surface area (Å²) in [5.74, 6) is -0.191. The summed E-state index contributed by atoms with van der Waals surface area (Å²) in [5.41, 5.74) is -1.98. The van der Waals surface area contributed by atoms with Gasteiger partial charge in [-0.15, -0.1) is 11.8 Å². The highest BCUT2D eigenvalue weighted by Crippen LogP contribution is 2.68. The SMILES string of the molecule is CC(=O)OCSC1CC[C@H]2[C@@H]3CCC4=CC(O)=CC(=O)[C@]4(C)[C@@]3(F)CC[C@]12C. The predicted octanol–water partition coefficient (Wildman–Crippen LogP) is 4.89. The smallest absolute Gasteiger partial charge is 0.303 e. The molecule has 0 spiro atoms. The van der Waals surface area contributed by atoms with Crippen LogP contribution in [0.1, 0.15) is 59.3 Å². The number of hydrogen-bond acceptors (Lipinski definition) is 5. The fourth-order valence-electron chi connectivity index (χ4n) is 6.62. The Morgan fingerprint density at radius 1 is 1.25 bits per heavy atom. The number of hydrogen-bond donors (Lipinski definition) is 1. The number of esters is 1. The van der Waals surface area contributed by atoms with Crippen molar-refractivity contribution in [2.24, 2.45) is 22.7 Å². The Labute approximate surface area is 170 Å². The molecule has 0 amide bonds. The third-order valence-corrected chi connectivity index (χ3v) is 9.68. The third kappa shape index (κ3) is 2.62. The highest BCUT2D eigenvalue weighted by atomic mass is 32.2. The number of rotatable bonds is 3. The molecule has 0 aromatic carbocycles. The van der Waals surface area contributed by atoms with Crippen molar-refractivity contribution in [3.63, 3.8) is 0 Å². The molecule has 0 saturated heterocycles. The first-order chi connectivity index (χ1) is 13.1. The Morgan fingerprint density at radius 2 is 2.00 bits per heavy atom. The standard InChI is InChI=1S/C22H29FO4S/c1-13(24)27-12-28-19-7-6-16-17-5-4-14-10-15(25)11-18(26)21(14,3)22(17,23)9-8-20(16,19)2/h10-11,16-17,19,25H,4-9,12H2,1-3H3/t16-,17-,19?,20-,21+,22+/m0/s1. The zero-order chi connectivity index (χ0) is 20.3. The lowest BCUT2D eigenvalue weighted by molar-refractivity contribution is -0.155. The van der Waals surface area contributed by atoms with E-state index < -0.39 is 11.1 Å². The number of ketones is 1. The van der Waals surface area contributed by atoms with Crippen molar-refractivity contribution in [3.05, 3.63) is 23.5 Å². The Bertz CT molecular complexity index is 776. The van der Waals surface area contributed by atoms with Gasteiger partial charge in [0, 0.05) is 18.2 Å². The van der Waals surface area contributed by atoms with Gasteiger partial charge in [-0.05, 0) is 74.3 Å². The Morgan fingerprint density at radius 3 is 2.71 bits per heavy atom. The molecule has 1 unspecified atom stereocenters. The molecule has 0 bridgehead atoms. The molecule has 0 aromatic heterocycles. The maximum atomic E-state index is 16.8. The van der Waals surface area contributed by atoms with Crippen LogP contribution in [0.3, 0.4) is 0 Å². The molecule has 6 heteroatoms.